The zero-order valence-electron chi connectivity index (χ0n) is 27.6. The zero-order valence-corrected chi connectivity index (χ0v) is 27.6. The molecule has 6 heteroatoms. The summed E-state index contributed by atoms with van der Waals surface area (Å²) in [5, 5.41) is 2.94. The molecule has 0 unspecified atom stereocenters. The summed E-state index contributed by atoms with van der Waals surface area (Å²) in [4.78, 5) is 43.8. The van der Waals surface area contributed by atoms with E-state index in [1.165, 1.54) is 5.56 Å². The van der Waals surface area contributed by atoms with Crippen LogP contribution in [0.4, 0.5) is 5.69 Å². The smallest absolute Gasteiger partial charge is 0.262 e. The molecule has 46 heavy (non-hydrogen) atoms. The first-order valence-corrected chi connectivity index (χ1v) is 16.3. The normalized spacial score (nSPS) is 19.1. The number of Topliss-reactive ketones (excluding diaryl/α,β-unsaturated/α-hetero) is 2. The first-order chi connectivity index (χ1) is 21.9. The highest BCUT2D eigenvalue weighted by Crippen LogP contribution is 2.55. The highest BCUT2D eigenvalue weighted by Gasteiger charge is 2.49. The number of benzene rings is 3. The van der Waals surface area contributed by atoms with Crippen LogP contribution in [0.3, 0.4) is 0 Å². The van der Waals surface area contributed by atoms with E-state index in [1.807, 2.05) is 61.5 Å². The number of ketones is 2. The number of nitrogens with zero attached hydrogens (tertiary/aromatic N) is 1. The van der Waals surface area contributed by atoms with Gasteiger partial charge in [-0.25, -0.2) is 0 Å². The van der Waals surface area contributed by atoms with E-state index < -0.39 is 5.92 Å². The van der Waals surface area contributed by atoms with Crippen LogP contribution in [0.2, 0.25) is 0 Å². The molecule has 0 aromatic heterocycles. The Balaban J connectivity index is 1.42. The molecule has 3 aromatic carbocycles. The second kappa shape index (κ2) is 12.4. The van der Waals surface area contributed by atoms with Gasteiger partial charge in [0.25, 0.3) is 5.91 Å². The van der Waals surface area contributed by atoms with E-state index in [0.29, 0.717) is 36.3 Å². The Kier molecular flexibility index (Phi) is 8.49. The second-order valence-electron chi connectivity index (χ2n) is 14.6. The fourth-order valence-corrected chi connectivity index (χ4v) is 7.41. The van der Waals surface area contributed by atoms with Crippen molar-refractivity contribution in [3.63, 3.8) is 0 Å². The molecule has 0 fully saturated rings. The van der Waals surface area contributed by atoms with Gasteiger partial charge in [-0.1, -0.05) is 94.4 Å². The van der Waals surface area contributed by atoms with Crippen molar-refractivity contribution >= 4 is 23.2 Å². The molecule has 0 saturated carbocycles. The summed E-state index contributed by atoms with van der Waals surface area (Å²) in [6, 6.07) is 25.6. The van der Waals surface area contributed by atoms with Crippen molar-refractivity contribution in [2.45, 2.75) is 72.6 Å². The van der Waals surface area contributed by atoms with Gasteiger partial charge in [-0.05, 0) is 60.3 Å². The molecule has 238 valence electrons. The van der Waals surface area contributed by atoms with E-state index in [1.54, 1.807) is 0 Å². The average molecular weight is 617 g/mol. The third-order valence-electron chi connectivity index (χ3n) is 9.50. The van der Waals surface area contributed by atoms with Gasteiger partial charge in [0.1, 0.15) is 5.75 Å². The summed E-state index contributed by atoms with van der Waals surface area (Å²) in [6.45, 7) is 11.1. The summed E-state index contributed by atoms with van der Waals surface area (Å²) in [5.74, 6) is -0.139. The topological polar surface area (TPSA) is 75.7 Å². The van der Waals surface area contributed by atoms with E-state index in [0.717, 1.165) is 47.5 Å². The lowest BCUT2D eigenvalue weighted by Crippen LogP contribution is -2.45. The number of hydrogen-bond donors (Lipinski definition) is 1. The molecule has 3 aliphatic rings. The number of allylic oxidation sites excluding steroid dienone is 4. The number of para-hydroxylation sites is 2. The molecule has 2 aliphatic carbocycles. The Bertz CT molecular complexity index is 1690. The highest BCUT2D eigenvalue weighted by atomic mass is 16.5. The Morgan fingerprint density at radius 2 is 1.35 bits per heavy atom. The minimum atomic E-state index is -0.541. The summed E-state index contributed by atoms with van der Waals surface area (Å²) in [5.41, 5.74) is 6.74. The van der Waals surface area contributed by atoms with E-state index >= 15 is 0 Å². The molecule has 3 aromatic rings. The predicted octanol–water partition coefficient (Wildman–Crippen LogP) is 7.94. The maximum absolute atomic E-state index is 14.2. The number of hydrogen-bond acceptors (Lipinski definition) is 5. The predicted molar refractivity (Wildman–Crippen MR) is 181 cm³/mol. The van der Waals surface area contributed by atoms with Gasteiger partial charge in [0.2, 0.25) is 0 Å². The van der Waals surface area contributed by atoms with Gasteiger partial charge in [0, 0.05) is 59.1 Å². The number of carbonyl (C=O) groups excluding carboxylic acids is 3. The minimum absolute atomic E-state index is 0.0808. The third kappa shape index (κ3) is 6.44. The monoisotopic (exact) mass is 616 g/mol. The molecule has 0 atom stereocenters. The van der Waals surface area contributed by atoms with Gasteiger partial charge in [0.05, 0.1) is 0 Å². The minimum Gasteiger partial charge on any atom is -0.483 e. The second-order valence-corrected chi connectivity index (χ2v) is 14.6. The molecule has 0 saturated heterocycles. The Labute approximate surface area is 272 Å². The zero-order chi connectivity index (χ0) is 32.6. The molecule has 1 aliphatic heterocycles. The molecule has 1 heterocycles. The maximum Gasteiger partial charge on any atom is 0.262 e. The van der Waals surface area contributed by atoms with Crippen molar-refractivity contribution < 1.29 is 19.1 Å². The summed E-state index contributed by atoms with van der Waals surface area (Å²) < 4.78 is 6.21. The van der Waals surface area contributed by atoms with Gasteiger partial charge in [-0.3, -0.25) is 14.4 Å². The number of rotatable bonds is 8. The van der Waals surface area contributed by atoms with E-state index in [-0.39, 0.29) is 34.9 Å². The SMILES string of the molecule is Cc1ccccc1NC(=O)COc1ccccc1C1C2=C(CC(C)(C)CC2=O)N(CCc2ccccc2)C2=C1C(=O)CC(C)(C)C2. The molecule has 1 N–H and O–H groups in total. The van der Waals surface area contributed by atoms with Crippen LogP contribution in [0.15, 0.2) is 101 Å². The van der Waals surface area contributed by atoms with E-state index in [4.69, 9.17) is 4.74 Å². The molecule has 6 nitrogen and oxygen atoms in total. The summed E-state index contributed by atoms with van der Waals surface area (Å²) in [6.07, 6.45) is 3.12. The fraction of sp³-hybridized carbons (Fsp3) is 0.375. The van der Waals surface area contributed by atoms with Crippen molar-refractivity contribution in [3.8, 4) is 5.75 Å². The van der Waals surface area contributed by atoms with Crippen molar-refractivity contribution in [1.82, 2.24) is 4.90 Å². The molecule has 6 rings (SSSR count). The average Bonchev–Trinajstić information content (AvgIpc) is 2.99. The largest absolute Gasteiger partial charge is 0.483 e. The van der Waals surface area contributed by atoms with E-state index in [2.05, 4.69) is 62.2 Å². The quantitative estimate of drug-likeness (QED) is 0.278. The maximum atomic E-state index is 14.2. The van der Waals surface area contributed by atoms with Crippen LogP contribution in [0, 0.1) is 17.8 Å². The third-order valence-corrected chi connectivity index (χ3v) is 9.50. The molecule has 0 radical (unpaired) electrons. The van der Waals surface area contributed by atoms with Crippen LogP contribution in [0.1, 0.15) is 76.0 Å². The van der Waals surface area contributed by atoms with Gasteiger partial charge >= 0.3 is 0 Å². The molecule has 0 spiro atoms. The van der Waals surface area contributed by atoms with Crippen LogP contribution in [0.5, 0.6) is 5.75 Å². The summed E-state index contributed by atoms with van der Waals surface area (Å²) in [7, 11) is 0. The number of nitrogens with one attached hydrogen (secondary N) is 1. The van der Waals surface area contributed by atoms with Crippen LogP contribution < -0.4 is 10.1 Å². The van der Waals surface area contributed by atoms with Crippen molar-refractivity contribution in [2.24, 2.45) is 10.8 Å². The molecular formula is C40H44N2O4. The number of carbonyl (C=O) groups is 3. The number of ether oxygens (including phenoxy) is 1. The van der Waals surface area contributed by atoms with Crippen molar-refractivity contribution in [2.75, 3.05) is 18.5 Å². The summed E-state index contributed by atoms with van der Waals surface area (Å²) >= 11 is 0. The first-order valence-electron chi connectivity index (χ1n) is 16.3. The number of anilines is 1. The van der Waals surface area contributed by atoms with Crippen molar-refractivity contribution in [3.05, 3.63) is 118 Å². The van der Waals surface area contributed by atoms with Crippen LogP contribution in [-0.4, -0.2) is 35.5 Å². The van der Waals surface area contributed by atoms with Gasteiger partial charge in [0.15, 0.2) is 18.2 Å². The Morgan fingerprint density at radius 3 is 1.98 bits per heavy atom. The molecular weight excluding hydrogens is 572 g/mol. The van der Waals surface area contributed by atoms with E-state index in [9.17, 15) is 14.4 Å². The van der Waals surface area contributed by atoms with Gasteiger partial charge < -0.3 is 15.0 Å². The molecule has 1 amide bonds. The Morgan fingerprint density at radius 1 is 0.783 bits per heavy atom. The Hall–Kier alpha value is -4.45. The fourth-order valence-electron chi connectivity index (χ4n) is 7.41. The number of amides is 1. The standard InChI is InChI=1S/C40H44N2O4/c1-26-13-9-11-17-29(26)41-35(45)25-46-34-18-12-10-16-28(34)36-37-30(21-39(2,3)23-32(37)43)42(20-19-27-14-7-6-8-15-27)31-22-40(4,5)24-33(44)38(31)36/h6-18,36H,19-25H2,1-5H3,(H,41,45). The van der Waals surface area contributed by atoms with Crippen LogP contribution >= 0.6 is 0 Å². The lowest BCUT2D eigenvalue weighted by Gasteiger charge is -2.49. The number of aryl methyl sites for hydroxylation is 1. The van der Waals surface area contributed by atoms with Crippen LogP contribution in [-0.2, 0) is 20.8 Å². The van der Waals surface area contributed by atoms with Crippen molar-refractivity contribution in [1.29, 1.82) is 0 Å². The molecule has 0 bridgehead atoms. The first kappa shape index (κ1) is 31.5. The van der Waals surface area contributed by atoms with Gasteiger partial charge in [-0.15, -0.1) is 0 Å². The van der Waals surface area contributed by atoms with Gasteiger partial charge in [-0.2, -0.15) is 0 Å². The lowest BCUT2D eigenvalue weighted by atomic mass is 9.63. The lowest BCUT2D eigenvalue weighted by molar-refractivity contribution is -0.120. The highest BCUT2D eigenvalue weighted by molar-refractivity contribution is 6.07. The van der Waals surface area contributed by atoms with Crippen LogP contribution in [0.25, 0.3) is 0 Å².